The summed E-state index contributed by atoms with van der Waals surface area (Å²) in [7, 11) is 0. The third kappa shape index (κ3) is 3.33. The summed E-state index contributed by atoms with van der Waals surface area (Å²) >= 11 is 0. The Bertz CT molecular complexity index is 358. The van der Waals surface area contributed by atoms with E-state index in [0.717, 1.165) is 25.8 Å². The Morgan fingerprint density at radius 3 is 2.70 bits per heavy atom. The van der Waals surface area contributed by atoms with E-state index < -0.39 is 0 Å². The topological polar surface area (TPSA) is 56.5 Å². The molecule has 20 heavy (non-hydrogen) atoms. The van der Waals surface area contributed by atoms with Crippen molar-refractivity contribution in [2.75, 3.05) is 26.4 Å². The zero-order valence-corrected chi connectivity index (χ0v) is 13.0. The lowest BCUT2D eigenvalue weighted by molar-refractivity contribution is -0.0698. The zero-order chi connectivity index (χ0) is 14.8. The fraction of sp³-hybridized carbons (Fsp3) is 0.938. The number of hydrogen-bond donors (Lipinski definition) is 1. The molecule has 0 radical (unpaired) electrons. The van der Waals surface area contributed by atoms with Gasteiger partial charge in [0.05, 0.1) is 37.8 Å². The lowest BCUT2D eigenvalue weighted by atomic mass is 9.67. The molecule has 4 nitrogen and oxygen atoms in total. The van der Waals surface area contributed by atoms with E-state index in [1.54, 1.807) is 0 Å². The summed E-state index contributed by atoms with van der Waals surface area (Å²) in [5, 5.41) is 19.0. The van der Waals surface area contributed by atoms with Gasteiger partial charge >= 0.3 is 0 Å². The third-order valence-electron chi connectivity index (χ3n) is 5.12. The molecule has 2 rings (SSSR count). The van der Waals surface area contributed by atoms with E-state index in [0.29, 0.717) is 24.5 Å². The summed E-state index contributed by atoms with van der Waals surface area (Å²) in [6, 6.07) is 2.84. The van der Waals surface area contributed by atoms with Crippen molar-refractivity contribution in [2.24, 2.45) is 17.3 Å². The van der Waals surface area contributed by atoms with Gasteiger partial charge in [0.1, 0.15) is 0 Å². The molecule has 0 aromatic carbocycles. The number of morpholine rings is 1. The largest absolute Gasteiger partial charge is 0.395 e. The number of ether oxygens (including phenoxy) is 1. The average Bonchev–Trinajstić information content (AvgIpc) is 2.45. The van der Waals surface area contributed by atoms with E-state index in [1.165, 1.54) is 0 Å². The Morgan fingerprint density at radius 1 is 1.35 bits per heavy atom. The van der Waals surface area contributed by atoms with E-state index in [-0.39, 0.29) is 24.6 Å². The minimum atomic E-state index is 0.0586. The molecular formula is C16H28N2O2. The van der Waals surface area contributed by atoms with Crippen molar-refractivity contribution in [1.29, 1.82) is 5.26 Å². The SMILES string of the molecule is CC(C)(C)C1CCC(C#N)C(N2CCOCC2CO)C1. The van der Waals surface area contributed by atoms with Crippen LogP contribution in [0.4, 0.5) is 0 Å². The molecule has 4 unspecified atom stereocenters. The van der Waals surface area contributed by atoms with Crippen molar-refractivity contribution in [3.63, 3.8) is 0 Å². The first-order valence-electron chi connectivity index (χ1n) is 7.81. The van der Waals surface area contributed by atoms with Crippen LogP contribution in [0.25, 0.3) is 0 Å². The van der Waals surface area contributed by atoms with Gasteiger partial charge < -0.3 is 9.84 Å². The minimum absolute atomic E-state index is 0.0586. The van der Waals surface area contributed by atoms with Crippen LogP contribution in [0.3, 0.4) is 0 Å². The predicted molar refractivity (Wildman–Crippen MR) is 78.1 cm³/mol. The number of rotatable bonds is 2. The highest BCUT2D eigenvalue weighted by Crippen LogP contribution is 2.42. The molecule has 1 saturated carbocycles. The maximum absolute atomic E-state index is 9.57. The number of aliphatic hydroxyl groups excluding tert-OH is 1. The first-order chi connectivity index (χ1) is 9.47. The smallest absolute Gasteiger partial charge is 0.0672 e. The maximum Gasteiger partial charge on any atom is 0.0672 e. The predicted octanol–water partition coefficient (Wildman–Crippen LogP) is 2.03. The molecule has 1 N–H and O–H groups in total. The summed E-state index contributed by atoms with van der Waals surface area (Å²) in [6.07, 6.45) is 3.20. The lowest BCUT2D eigenvalue weighted by Crippen LogP contribution is -2.56. The quantitative estimate of drug-likeness (QED) is 0.841. The molecule has 0 spiro atoms. The summed E-state index contributed by atoms with van der Waals surface area (Å²) in [5.74, 6) is 0.750. The number of nitriles is 1. The molecule has 4 heteroatoms. The van der Waals surface area contributed by atoms with E-state index >= 15 is 0 Å². The highest BCUT2D eigenvalue weighted by Gasteiger charge is 2.41. The van der Waals surface area contributed by atoms with Gasteiger partial charge in [-0.2, -0.15) is 5.26 Å². The zero-order valence-electron chi connectivity index (χ0n) is 13.0. The number of hydrogen-bond acceptors (Lipinski definition) is 4. The van der Waals surface area contributed by atoms with Gasteiger partial charge in [-0.3, -0.25) is 4.90 Å². The first kappa shape index (κ1) is 15.8. The highest BCUT2D eigenvalue weighted by atomic mass is 16.5. The minimum Gasteiger partial charge on any atom is -0.395 e. The van der Waals surface area contributed by atoms with E-state index in [9.17, 15) is 10.4 Å². The maximum atomic E-state index is 9.57. The van der Waals surface area contributed by atoms with Crippen molar-refractivity contribution in [3.05, 3.63) is 0 Å². The second-order valence-electron chi connectivity index (χ2n) is 7.33. The second kappa shape index (κ2) is 6.43. The van der Waals surface area contributed by atoms with Crippen LogP contribution in [0.5, 0.6) is 0 Å². The van der Waals surface area contributed by atoms with Crippen LogP contribution < -0.4 is 0 Å². The Morgan fingerprint density at radius 2 is 2.10 bits per heavy atom. The van der Waals surface area contributed by atoms with Gasteiger partial charge in [-0.1, -0.05) is 20.8 Å². The summed E-state index contributed by atoms with van der Waals surface area (Å²) in [6.45, 7) is 9.15. The van der Waals surface area contributed by atoms with Crippen LogP contribution in [-0.4, -0.2) is 48.5 Å². The van der Waals surface area contributed by atoms with Gasteiger partial charge in [0, 0.05) is 12.6 Å². The summed E-state index contributed by atoms with van der Waals surface area (Å²) < 4.78 is 5.47. The fourth-order valence-electron chi connectivity index (χ4n) is 3.71. The van der Waals surface area contributed by atoms with E-state index in [2.05, 4.69) is 31.7 Å². The molecule has 1 heterocycles. The average molecular weight is 280 g/mol. The normalized spacial score (nSPS) is 36.5. The van der Waals surface area contributed by atoms with Crippen molar-refractivity contribution in [1.82, 2.24) is 4.90 Å². The highest BCUT2D eigenvalue weighted by molar-refractivity contribution is 5.01. The first-order valence-corrected chi connectivity index (χ1v) is 7.81. The monoisotopic (exact) mass is 280 g/mol. The molecule has 1 saturated heterocycles. The van der Waals surface area contributed by atoms with Crippen molar-refractivity contribution < 1.29 is 9.84 Å². The van der Waals surface area contributed by atoms with Crippen LogP contribution in [0, 0.1) is 28.6 Å². The van der Waals surface area contributed by atoms with Gasteiger partial charge in [0.2, 0.25) is 0 Å². The van der Waals surface area contributed by atoms with E-state index in [1.807, 2.05) is 0 Å². The molecule has 2 fully saturated rings. The second-order valence-corrected chi connectivity index (χ2v) is 7.33. The summed E-state index contributed by atoms with van der Waals surface area (Å²) in [4.78, 5) is 2.34. The lowest BCUT2D eigenvalue weighted by Gasteiger charge is -2.47. The van der Waals surface area contributed by atoms with Gasteiger partial charge in [-0.05, 0) is 30.6 Å². The van der Waals surface area contributed by atoms with Gasteiger partial charge in [-0.25, -0.2) is 0 Å². The van der Waals surface area contributed by atoms with Crippen molar-refractivity contribution in [2.45, 2.75) is 52.1 Å². The van der Waals surface area contributed by atoms with Crippen LogP contribution >= 0.6 is 0 Å². The Hall–Kier alpha value is -0.630. The van der Waals surface area contributed by atoms with Gasteiger partial charge in [0.15, 0.2) is 0 Å². The molecule has 0 aromatic rings. The van der Waals surface area contributed by atoms with E-state index in [4.69, 9.17) is 4.74 Å². The molecular weight excluding hydrogens is 252 g/mol. The van der Waals surface area contributed by atoms with Crippen LogP contribution in [0.1, 0.15) is 40.0 Å². The molecule has 114 valence electrons. The number of nitrogens with zero attached hydrogens (tertiary/aromatic N) is 2. The molecule has 0 amide bonds. The number of aliphatic hydroxyl groups is 1. The van der Waals surface area contributed by atoms with Crippen LogP contribution in [0.15, 0.2) is 0 Å². The molecule has 1 aliphatic heterocycles. The van der Waals surface area contributed by atoms with Crippen LogP contribution in [-0.2, 0) is 4.74 Å². The fourth-order valence-corrected chi connectivity index (χ4v) is 3.71. The molecule has 0 bridgehead atoms. The Kier molecular flexibility index (Phi) is 5.06. The Balaban J connectivity index is 2.14. The Labute approximate surface area is 122 Å². The molecule has 0 aromatic heterocycles. The standard InChI is InChI=1S/C16H28N2O2/c1-16(2,3)13-5-4-12(9-17)15(8-13)18-6-7-20-11-14(18)10-19/h12-15,19H,4-8,10-11H2,1-3H3. The van der Waals surface area contributed by atoms with Gasteiger partial charge in [0.25, 0.3) is 0 Å². The summed E-state index contributed by atoms with van der Waals surface area (Å²) in [5.41, 5.74) is 0.291. The van der Waals surface area contributed by atoms with Crippen molar-refractivity contribution in [3.8, 4) is 6.07 Å². The molecule has 2 aliphatic rings. The van der Waals surface area contributed by atoms with Crippen molar-refractivity contribution >= 4 is 0 Å². The van der Waals surface area contributed by atoms with Crippen LogP contribution in [0.2, 0.25) is 0 Å². The molecule has 1 aliphatic carbocycles. The third-order valence-corrected chi connectivity index (χ3v) is 5.12. The van der Waals surface area contributed by atoms with Gasteiger partial charge in [-0.15, -0.1) is 0 Å². The molecule has 4 atom stereocenters.